The average molecular weight is 650 g/mol. The number of imidazole rings is 1. The van der Waals surface area contributed by atoms with E-state index in [0.717, 1.165) is 83.9 Å². The van der Waals surface area contributed by atoms with Crippen LogP contribution in [0.1, 0.15) is 23.9 Å². The highest BCUT2D eigenvalue weighted by molar-refractivity contribution is 6.66. The lowest BCUT2D eigenvalue weighted by Gasteiger charge is -2.56. The molecule has 1 heterocycles. The van der Waals surface area contributed by atoms with Crippen molar-refractivity contribution >= 4 is 79.7 Å². The fraction of sp³-hybridized carbons (Fsp3) is 0.114. The lowest BCUT2D eigenvalue weighted by atomic mass is 9.18. The summed E-state index contributed by atoms with van der Waals surface area (Å²) in [4.78, 5) is 5.02. The highest BCUT2D eigenvalue weighted by Gasteiger charge is 2.55. The van der Waals surface area contributed by atoms with Gasteiger partial charge in [0.25, 0.3) is 0 Å². The lowest BCUT2D eigenvalue weighted by molar-refractivity contribution is 0.533. The molecule has 12 radical (unpaired) electrons. The Morgan fingerprint density at radius 2 is 1.06 bits per heavy atom. The molecule has 8 aromatic rings. The molecule has 0 atom stereocenters. The zero-order chi connectivity index (χ0) is 36.0. The van der Waals surface area contributed by atoms with Crippen LogP contribution in [-0.4, -0.2) is 56.6 Å². The summed E-state index contributed by atoms with van der Waals surface area (Å²) in [5.41, 5.74) is 9.01. The number of aromatic nitrogens is 2. The summed E-state index contributed by atoms with van der Waals surface area (Å²) in [6.07, 6.45) is 0.790. The van der Waals surface area contributed by atoms with Crippen LogP contribution < -0.4 is 0 Å². The second-order valence-electron chi connectivity index (χ2n) is 14.0. The Morgan fingerprint density at radius 1 is 0.538 bits per heavy atom. The summed E-state index contributed by atoms with van der Waals surface area (Å²) >= 11 is 0. The van der Waals surface area contributed by atoms with E-state index in [-0.39, 0.29) is 0 Å². The Hall–Kier alpha value is -5.08. The smallest absolute Gasteiger partial charge is 0.114 e. The van der Waals surface area contributed by atoms with Crippen molar-refractivity contribution < 1.29 is 0 Å². The topological polar surface area (TPSA) is 17.8 Å². The molecule has 0 saturated carbocycles. The van der Waals surface area contributed by atoms with Gasteiger partial charge >= 0.3 is 0 Å². The molecular formula is C44H28B6N2. The van der Waals surface area contributed by atoms with Crippen molar-refractivity contribution in [1.29, 1.82) is 0 Å². The van der Waals surface area contributed by atoms with Gasteiger partial charge in [-0.05, 0) is 90.2 Å². The minimum absolute atomic E-state index is 0.688. The van der Waals surface area contributed by atoms with Gasteiger partial charge in [-0.2, -0.15) is 0 Å². The molecule has 7 aromatic carbocycles. The first-order valence-electron chi connectivity index (χ1n) is 17.5. The van der Waals surface area contributed by atoms with Crippen molar-refractivity contribution in [2.75, 3.05) is 0 Å². The van der Waals surface area contributed by atoms with Gasteiger partial charge in [-0.1, -0.05) is 122 Å². The monoisotopic (exact) mass is 650 g/mol. The van der Waals surface area contributed by atoms with Crippen LogP contribution in [0.3, 0.4) is 0 Å². The predicted molar refractivity (Wildman–Crippen MR) is 222 cm³/mol. The maximum absolute atomic E-state index is 6.66. The van der Waals surface area contributed by atoms with Crippen molar-refractivity contribution in [2.45, 2.75) is 29.0 Å². The Balaban J connectivity index is 1.36. The molecule has 1 aromatic heterocycles. The van der Waals surface area contributed by atoms with E-state index in [2.05, 4.69) is 121 Å². The zero-order valence-electron chi connectivity index (χ0n) is 28.8. The minimum atomic E-state index is -1.90. The minimum Gasteiger partial charge on any atom is -0.296 e. The SMILES string of the molecule is [B]C([B])([B])C1(C([B])([B])[B])c2ccccc2-c2ccc(-c3c4ccccc4c(-c4ccccc4-n4c(CC)nc5ccccc54)c4ccccc34)cc21. The molecule has 0 aliphatic heterocycles. The van der Waals surface area contributed by atoms with E-state index in [4.69, 9.17) is 52.1 Å². The molecule has 0 fully saturated rings. The van der Waals surface area contributed by atoms with Gasteiger partial charge in [0, 0.05) is 12.0 Å². The first-order chi connectivity index (χ1) is 25.1. The van der Waals surface area contributed by atoms with E-state index in [0.29, 0.717) is 11.1 Å². The van der Waals surface area contributed by atoms with Crippen LogP contribution in [0.5, 0.6) is 0 Å². The van der Waals surface area contributed by atoms with Gasteiger partial charge in [0.05, 0.1) is 63.8 Å². The fourth-order valence-corrected chi connectivity index (χ4v) is 8.93. The van der Waals surface area contributed by atoms with Crippen LogP contribution in [0.25, 0.3) is 71.6 Å². The van der Waals surface area contributed by atoms with E-state index < -0.39 is 15.6 Å². The van der Waals surface area contributed by atoms with Gasteiger partial charge in [0.2, 0.25) is 0 Å². The van der Waals surface area contributed by atoms with Crippen LogP contribution in [0.4, 0.5) is 0 Å². The first-order valence-corrected chi connectivity index (χ1v) is 17.5. The molecule has 0 bridgehead atoms. The van der Waals surface area contributed by atoms with E-state index in [9.17, 15) is 0 Å². The van der Waals surface area contributed by atoms with Gasteiger partial charge in [-0.3, -0.25) is 4.57 Å². The van der Waals surface area contributed by atoms with Gasteiger partial charge in [-0.15, -0.1) is 10.2 Å². The number of benzene rings is 7. The Bertz CT molecular complexity index is 2650. The van der Waals surface area contributed by atoms with E-state index in [1.54, 1.807) is 0 Å². The highest BCUT2D eigenvalue weighted by atomic mass is 15.1. The molecule has 1 aliphatic carbocycles. The largest absolute Gasteiger partial charge is 0.296 e. The molecular weight excluding hydrogens is 621 g/mol. The van der Waals surface area contributed by atoms with Crippen molar-refractivity contribution in [3.8, 4) is 39.1 Å². The van der Waals surface area contributed by atoms with Gasteiger partial charge < -0.3 is 0 Å². The molecule has 232 valence electrons. The molecule has 0 amide bonds. The Labute approximate surface area is 312 Å². The van der Waals surface area contributed by atoms with Gasteiger partial charge in [0.15, 0.2) is 0 Å². The van der Waals surface area contributed by atoms with Gasteiger partial charge in [0.1, 0.15) is 5.82 Å². The summed E-state index contributed by atoms with van der Waals surface area (Å²) in [6.45, 7) is 2.15. The second-order valence-corrected chi connectivity index (χ2v) is 14.0. The summed E-state index contributed by atoms with van der Waals surface area (Å²) in [5, 5.41) is 0.570. The standard InChI is InChI=1S/C44H28B6N2/c1-2-39-51-36-20-10-12-22-38(36)52(39)37-21-11-8-18-33(37)41-31-16-5-3-14-29(31)40(30-15-4-6-17-32(30)41)26-23-24-28-27-13-7-9-19-34(27)42(35(28)25-26,43(45,46)47)44(48,49)50/h3-25H,2H2,1H3. The maximum atomic E-state index is 6.66. The van der Waals surface area contributed by atoms with Crippen molar-refractivity contribution in [2.24, 2.45) is 0 Å². The highest BCUT2D eigenvalue weighted by Crippen LogP contribution is 2.65. The van der Waals surface area contributed by atoms with E-state index >= 15 is 0 Å². The van der Waals surface area contributed by atoms with E-state index in [1.807, 2.05) is 30.3 Å². The number of fused-ring (bicyclic) bond motifs is 6. The number of aryl methyl sites for hydroxylation is 1. The summed E-state index contributed by atoms with van der Waals surface area (Å²) in [7, 11) is 40.0. The van der Waals surface area contributed by atoms with Crippen LogP contribution in [-0.2, 0) is 11.8 Å². The van der Waals surface area contributed by atoms with Crippen LogP contribution in [0, 0.1) is 0 Å². The van der Waals surface area contributed by atoms with E-state index in [1.165, 1.54) is 0 Å². The molecule has 52 heavy (non-hydrogen) atoms. The Morgan fingerprint density at radius 3 is 1.69 bits per heavy atom. The quantitative estimate of drug-likeness (QED) is 0.130. The van der Waals surface area contributed by atoms with Gasteiger partial charge in [-0.25, -0.2) is 4.98 Å². The van der Waals surface area contributed by atoms with Crippen molar-refractivity contribution in [3.63, 3.8) is 0 Å². The van der Waals surface area contributed by atoms with Crippen molar-refractivity contribution in [1.82, 2.24) is 9.55 Å². The molecule has 0 spiro atoms. The van der Waals surface area contributed by atoms with Crippen LogP contribution >= 0.6 is 0 Å². The molecule has 2 nitrogen and oxygen atoms in total. The molecule has 9 rings (SSSR count). The summed E-state index contributed by atoms with van der Waals surface area (Å²) in [6, 6.07) is 48.1. The zero-order valence-corrected chi connectivity index (χ0v) is 28.8. The lowest BCUT2D eigenvalue weighted by Crippen LogP contribution is -2.52. The number of hydrogen-bond acceptors (Lipinski definition) is 1. The fourth-order valence-electron chi connectivity index (χ4n) is 8.93. The Kier molecular flexibility index (Phi) is 7.39. The van der Waals surface area contributed by atoms with Crippen molar-refractivity contribution in [3.05, 3.63) is 156 Å². The number of rotatable bonds is 6. The van der Waals surface area contributed by atoms with Crippen LogP contribution in [0.2, 0.25) is 10.2 Å². The molecule has 0 saturated heterocycles. The average Bonchev–Trinajstić information content (AvgIpc) is 3.67. The third-order valence-electron chi connectivity index (χ3n) is 10.9. The molecule has 1 aliphatic rings. The summed E-state index contributed by atoms with van der Waals surface area (Å²) in [5.74, 6) is 1.01. The van der Waals surface area contributed by atoms with Crippen LogP contribution in [0.15, 0.2) is 140 Å². The number of para-hydroxylation sites is 3. The predicted octanol–water partition coefficient (Wildman–Crippen LogP) is 8.65. The maximum Gasteiger partial charge on any atom is 0.114 e. The molecule has 0 unspecified atom stereocenters. The molecule has 0 N–H and O–H groups in total. The number of nitrogens with zero attached hydrogens (tertiary/aromatic N) is 2. The summed E-state index contributed by atoms with van der Waals surface area (Å²) < 4.78 is 2.30. The molecule has 8 heteroatoms. The normalized spacial score (nSPS) is 13.8. The first kappa shape index (κ1) is 32.8. The second kappa shape index (κ2) is 11.7. The third-order valence-corrected chi connectivity index (χ3v) is 10.9. The third kappa shape index (κ3) is 4.49. The number of hydrogen-bond donors (Lipinski definition) is 0.